The molecule has 34 heavy (non-hydrogen) atoms. The van der Waals surface area contributed by atoms with Gasteiger partial charge in [0.05, 0.1) is 17.2 Å². The summed E-state index contributed by atoms with van der Waals surface area (Å²) in [4.78, 5) is -0.291. The molecular formula is C27H23N3O3S. The minimum atomic E-state index is -3.99. The van der Waals surface area contributed by atoms with Crippen LogP contribution in [0.3, 0.4) is 0 Å². The van der Waals surface area contributed by atoms with E-state index < -0.39 is 9.84 Å². The molecule has 0 N–H and O–H groups in total. The molecule has 0 unspecified atom stereocenters. The Morgan fingerprint density at radius 1 is 1.03 bits per heavy atom. The van der Waals surface area contributed by atoms with E-state index in [2.05, 4.69) is 0 Å². The van der Waals surface area contributed by atoms with Crippen LogP contribution >= 0.6 is 0 Å². The van der Waals surface area contributed by atoms with Crippen molar-refractivity contribution in [3.63, 3.8) is 0 Å². The lowest BCUT2D eigenvalue weighted by Gasteiger charge is -2.07. The Morgan fingerprint density at radius 3 is 2.41 bits per heavy atom. The number of aromatic nitrogens is 2. The third kappa shape index (κ3) is 4.92. The molecule has 3 aromatic carbocycles. The quantitative estimate of drug-likeness (QED) is 0.311. The van der Waals surface area contributed by atoms with Crippen LogP contribution in [0.25, 0.3) is 23.0 Å². The van der Waals surface area contributed by atoms with Crippen molar-refractivity contribution < 1.29 is 13.2 Å². The van der Waals surface area contributed by atoms with Gasteiger partial charge in [-0.15, -0.1) is 0 Å². The van der Waals surface area contributed by atoms with Gasteiger partial charge >= 0.3 is 0 Å². The van der Waals surface area contributed by atoms with Crippen LogP contribution in [0.5, 0.6) is 5.75 Å². The van der Waals surface area contributed by atoms with Crippen molar-refractivity contribution in [2.24, 2.45) is 0 Å². The van der Waals surface area contributed by atoms with E-state index in [0.717, 1.165) is 17.7 Å². The van der Waals surface area contributed by atoms with E-state index in [4.69, 9.17) is 9.84 Å². The molecule has 4 aromatic rings. The summed E-state index contributed by atoms with van der Waals surface area (Å²) in [6.45, 7) is 2.62. The van der Waals surface area contributed by atoms with Crippen LogP contribution in [0.4, 0.5) is 0 Å². The number of hydrogen-bond donors (Lipinski definition) is 0. The highest BCUT2D eigenvalue weighted by Crippen LogP contribution is 2.30. The van der Waals surface area contributed by atoms with Gasteiger partial charge in [0.15, 0.2) is 0 Å². The first-order valence-electron chi connectivity index (χ1n) is 10.8. The van der Waals surface area contributed by atoms with E-state index in [1.165, 1.54) is 18.2 Å². The summed E-state index contributed by atoms with van der Waals surface area (Å²) in [5.74, 6) is 0.695. The fourth-order valence-electron chi connectivity index (χ4n) is 3.42. The summed E-state index contributed by atoms with van der Waals surface area (Å²) in [5, 5.41) is 14.5. The average molecular weight is 470 g/mol. The van der Waals surface area contributed by atoms with Crippen molar-refractivity contribution in [3.05, 3.63) is 102 Å². The number of nitriles is 1. The van der Waals surface area contributed by atoms with Gasteiger partial charge in [0, 0.05) is 17.3 Å². The first kappa shape index (κ1) is 23.0. The Morgan fingerprint density at radius 2 is 1.74 bits per heavy atom. The monoisotopic (exact) mass is 469 g/mol. The molecule has 0 fully saturated rings. The molecule has 0 saturated carbocycles. The minimum Gasteiger partial charge on any atom is -0.494 e. The number of rotatable bonds is 8. The zero-order valence-corrected chi connectivity index (χ0v) is 19.4. The van der Waals surface area contributed by atoms with E-state index in [1.807, 2.05) is 67.6 Å². The summed E-state index contributed by atoms with van der Waals surface area (Å²) in [6, 6.07) is 26.8. The number of para-hydroxylation sites is 1. The van der Waals surface area contributed by atoms with Gasteiger partial charge in [0.1, 0.15) is 22.4 Å². The molecule has 6 nitrogen and oxygen atoms in total. The van der Waals surface area contributed by atoms with E-state index in [-0.39, 0.29) is 9.80 Å². The number of benzene rings is 3. The second kappa shape index (κ2) is 10.2. The highest BCUT2D eigenvalue weighted by molar-refractivity contribution is 7.95. The molecule has 0 amide bonds. The summed E-state index contributed by atoms with van der Waals surface area (Å²) in [5.41, 5.74) is 2.62. The van der Waals surface area contributed by atoms with E-state index in [1.54, 1.807) is 29.1 Å². The van der Waals surface area contributed by atoms with E-state index in [9.17, 15) is 13.7 Å². The number of allylic oxidation sites excluding steroid dienone is 1. The number of ether oxygens (including phenoxy) is 1. The SMILES string of the molecule is CCCOc1cccc(-c2nn(-c3ccccc3)cc2/C=C(/C#N)S(=O)(=O)c2ccccc2)c1. The molecule has 0 saturated heterocycles. The summed E-state index contributed by atoms with van der Waals surface area (Å²) < 4.78 is 33.7. The standard InChI is InChI=1S/C27H23N3O3S/c1-2-16-33-24-13-9-10-21(17-24)27-22(20-30(29-27)23-11-5-3-6-12-23)18-26(19-28)34(31,32)25-14-7-4-8-15-25/h3-15,17-18,20H,2,16H2,1H3/b26-18-. The van der Waals surface area contributed by atoms with Gasteiger partial charge in [-0.05, 0) is 48.9 Å². The summed E-state index contributed by atoms with van der Waals surface area (Å²) in [6.07, 6.45) is 3.98. The fourth-order valence-corrected chi connectivity index (χ4v) is 4.59. The van der Waals surface area contributed by atoms with Gasteiger partial charge < -0.3 is 4.74 Å². The molecule has 0 spiro atoms. The maximum Gasteiger partial charge on any atom is 0.216 e. The van der Waals surface area contributed by atoms with Crippen molar-refractivity contribution in [1.29, 1.82) is 5.26 Å². The Balaban J connectivity index is 1.86. The van der Waals surface area contributed by atoms with Gasteiger partial charge in [0.25, 0.3) is 0 Å². The molecule has 0 radical (unpaired) electrons. The van der Waals surface area contributed by atoms with Crippen LogP contribution in [0.15, 0.2) is 101 Å². The molecular weight excluding hydrogens is 446 g/mol. The number of sulfone groups is 1. The van der Waals surface area contributed by atoms with Crippen molar-refractivity contribution >= 4 is 15.9 Å². The van der Waals surface area contributed by atoms with E-state index in [0.29, 0.717) is 23.6 Å². The van der Waals surface area contributed by atoms with Gasteiger partial charge in [0.2, 0.25) is 9.84 Å². The van der Waals surface area contributed by atoms with Gasteiger partial charge in [-0.2, -0.15) is 10.4 Å². The van der Waals surface area contributed by atoms with Crippen LogP contribution in [0.1, 0.15) is 18.9 Å². The smallest absolute Gasteiger partial charge is 0.216 e. The Bertz CT molecular complexity index is 1450. The van der Waals surface area contributed by atoms with Crippen molar-refractivity contribution in [2.45, 2.75) is 18.2 Å². The molecule has 0 atom stereocenters. The summed E-state index contributed by atoms with van der Waals surface area (Å²) in [7, 11) is -3.99. The normalized spacial score (nSPS) is 11.7. The van der Waals surface area contributed by atoms with Gasteiger partial charge in [-0.3, -0.25) is 0 Å². The zero-order chi connectivity index (χ0) is 24.0. The third-order valence-electron chi connectivity index (χ3n) is 5.08. The molecule has 0 aliphatic rings. The Hall–Kier alpha value is -4.15. The minimum absolute atomic E-state index is 0.0646. The van der Waals surface area contributed by atoms with Crippen LogP contribution in [0, 0.1) is 11.3 Å². The predicted molar refractivity (Wildman–Crippen MR) is 132 cm³/mol. The summed E-state index contributed by atoms with van der Waals surface area (Å²) >= 11 is 0. The molecule has 0 bridgehead atoms. The second-order valence-corrected chi connectivity index (χ2v) is 9.44. The predicted octanol–water partition coefficient (Wildman–Crippen LogP) is 5.67. The highest BCUT2D eigenvalue weighted by Gasteiger charge is 2.22. The van der Waals surface area contributed by atoms with Crippen LogP contribution in [0.2, 0.25) is 0 Å². The molecule has 1 heterocycles. The number of hydrogen-bond acceptors (Lipinski definition) is 5. The molecule has 170 valence electrons. The van der Waals surface area contributed by atoms with Gasteiger partial charge in [-0.25, -0.2) is 13.1 Å². The van der Waals surface area contributed by atoms with Crippen LogP contribution in [-0.4, -0.2) is 24.8 Å². The maximum atomic E-state index is 13.1. The first-order chi connectivity index (χ1) is 16.5. The van der Waals surface area contributed by atoms with E-state index >= 15 is 0 Å². The lowest BCUT2D eigenvalue weighted by atomic mass is 10.1. The maximum absolute atomic E-state index is 13.1. The Kier molecular flexibility index (Phi) is 6.90. The second-order valence-electron chi connectivity index (χ2n) is 7.53. The third-order valence-corrected chi connectivity index (χ3v) is 6.76. The molecule has 0 aliphatic heterocycles. The fraction of sp³-hybridized carbons (Fsp3) is 0.111. The lowest BCUT2D eigenvalue weighted by molar-refractivity contribution is 0.317. The molecule has 0 aliphatic carbocycles. The topological polar surface area (TPSA) is 85.0 Å². The zero-order valence-electron chi connectivity index (χ0n) is 18.6. The average Bonchev–Trinajstić information content (AvgIpc) is 3.31. The van der Waals surface area contributed by atoms with Gasteiger partial charge in [-0.1, -0.05) is 55.5 Å². The number of nitrogens with zero attached hydrogens (tertiary/aromatic N) is 3. The largest absolute Gasteiger partial charge is 0.494 e. The highest BCUT2D eigenvalue weighted by atomic mass is 32.2. The van der Waals surface area contributed by atoms with Crippen LogP contribution < -0.4 is 4.74 Å². The van der Waals surface area contributed by atoms with Crippen molar-refractivity contribution in [2.75, 3.05) is 6.61 Å². The van der Waals surface area contributed by atoms with Crippen molar-refractivity contribution in [3.8, 4) is 28.8 Å². The van der Waals surface area contributed by atoms with Crippen LogP contribution in [-0.2, 0) is 9.84 Å². The van der Waals surface area contributed by atoms with Crippen molar-refractivity contribution in [1.82, 2.24) is 9.78 Å². The molecule has 1 aromatic heterocycles. The molecule has 7 heteroatoms. The lowest BCUT2D eigenvalue weighted by Crippen LogP contribution is -2.03. The Labute approximate surface area is 199 Å². The molecule has 4 rings (SSSR count). The first-order valence-corrected chi connectivity index (χ1v) is 12.3.